The van der Waals surface area contributed by atoms with Gasteiger partial charge in [-0.2, -0.15) is 0 Å². The first-order valence-electron chi connectivity index (χ1n) is 7.07. The Balaban J connectivity index is 2.15. The van der Waals surface area contributed by atoms with Crippen molar-refractivity contribution >= 4 is 0 Å². The lowest BCUT2D eigenvalue weighted by molar-refractivity contribution is -0.00508. The highest BCUT2D eigenvalue weighted by atomic mass is 15.2. The molecule has 2 fully saturated rings. The molecule has 4 unspecified atom stereocenters. The van der Waals surface area contributed by atoms with E-state index in [4.69, 9.17) is 5.73 Å². The van der Waals surface area contributed by atoms with Crippen LogP contribution in [0.5, 0.6) is 0 Å². The van der Waals surface area contributed by atoms with Crippen LogP contribution in [0.1, 0.15) is 52.9 Å². The molecule has 1 saturated carbocycles. The third-order valence-electron chi connectivity index (χ3n) is 5.23. The molecule has 0 aromatic heterocycles. The summed E-state index contributed by atoms with van der Waals surface area (Å²) in [4.78, 5) is 2.75. The van der Waals surface area contributed by atoms with Gasteiger partial charge in [-0.3, -0.25) is 4.90 Å². The van der Waals surface area contributed by atoms with E-state index in [1.807, 2.05) is 0 Å². The first-order valence-corrected chi connectivity index (χ1v) is 7.07. The molecule has 1 saturated heterocycles. The summed E-state index contributed by atoms with van der Waals surface area (Å²) in [5.41, 5.74) is 6.48. The van der Waals surface area contributed by atoms with Gasteiger partial charge in [0.05, 0.1) is 0 Å². The molecule has 94 valence electrons. The summed E-state index contributed by atoms with van der Waals surface area (Å²) < 4.78 is 0. The fourth-order valence-corrected chi connectivity index (χ4v) is 4.15. The molecule has 2 heteroatoms. The van der Waals surface area contributed by atoms with E-state index < -0.39 is 0 Å². The second-order valence-corrected chi connectivity index (χ2v) is 6.27. The lowest BCUT2D eigenvalue weighted by Crippen LogP contribution is -2.60. The zero-order chi connectivity index (χ0) is 11.8. The van der Waals surface area contributed by atoms with Crippen molar-refractivity contribution in [1.29, 1.82) is 0 Å². The van der Waals surface area contributed by atoms with Crippen molar-refractivity contribution in [2.45, 2.75) is 64.5 Å². The van der Waals surface area contributed by atoms with Crippen LogP contribution in [0.4, 0.5) is 0 Å². The van der Waals surface area contributed by atoms with Gasteiger partial charge in [0.15, 0.2) is 0 Å². The van der Waals surface area contributed by atoms with Gasteiger partial charge in [0.2, 0.25) is 0 Å². The van der Waals surface area contributed by atoms with Gasteiger partial charge in [-0.05, 0) is 51.0 Å². The van der Waals surface area contributed by atoms with Gasteiger partial charge in [0, 0.05) is 18.1 Å². The van der Waals surface area contributed by atoms with Crippen molar-refractivity contribution < 1.29 is 0 Å². The lowest BCUT2D eigenvalue weighted by Gasteiger charge is -2.50. The quantitative estimate of drug-likeness (QED) is 0.781. The summed E-state index contributed by atoms with van der Waals surface area (Å²) in [6.45, 7) is 9.32. The van der Waals surface area contributed by atoms with E-state index in [1.54, 1.807) is 0 Å². The summed E-state index contributed by atoms with van der Waals surface area (Å²) in [6.07, 6.45) is 6.78. The molecule has 1 aliphatic heterocycles. The fraction of sp³-hybridized carbons (Fsp3) is 1.00. The predicted octanol–water partition coefficient (Wildman–Crippen LogP) is 2.62. The number of likely N-dealkylation sites (tertiary alicyclic amines) is 1. The first kappa shape index (κ1) is 12.4. The summed E-state index contributed by atoms with van der Waals surface area (Å²) in [6, 6.07) is 0.729. The van der Waals surface area contributed by atoms with E-state index in [9.17, 15) is 0 Å². The topological polar surface area (TPSA) is 29.3 Å². The van der Waals surface area contributed by atoms with Gasteiger partial charge in [-0.25, -0.2) is 0 Å². The van der Waals surface area contributed by atoms with Crippen molar-refractivity contribution in [3.05, 3.63) is 0 Å². The average molecular weight is 224 g/mol. The summed E-state index contributed by atoms with van der Waals surface area (Å²) in [5, 5.41) is 0. The highest BCUT2D eigenvalue weighted by Gasteiger charge is 2.46. The van der Waals surface area contributed by atoms with Crippen molar-refractivity contribution in [3.8, 4) is 0 Å². The standard InChI is InChI=1S/C14H28N2/c1-11-6-8-16(13(3)9-11)14(10-15)7-4-5-12(14)2/h11-13H,4-10,15H2,1-3H3. The second-order valence-electron chi connectivity index (χ2n) is 6.27. The summed E-state index contributed by atoms with van der Waals surface area (Å²) in [5.74, 6) is 1.69. The number of piperidine rings is 1. The molecule has 0 bridgehead atoms. The van der Waals surface area contributed by atoms with Crippen molar-refractivity contribution in [3.63, 3.8) is 0 Å². The Kier molecular flexibility index (Phi) is 3.60. The van der Waals surface area contributed by atoms with E-state index in [-0.39, 0.29) is 0 Å². The van der Waals surface area contributed by atoms with Crippen LogP contribution >= 0.6 is 0 Å². The third kappa shape index (κ3) is 1.91. The van der Waals surface area contributed by atoms with Crippen LogP contribution in [0.25, 0.3) is 0 Å². The molecule has 0 aromatic rings. The van der Waals surface area contributed by atoms with Crippen molar-refractivity contribution in [1.82, 2.24) is 4.90 Å². The molecule has 2 nitrogen and oxygen atoms in total. The van der Waals surface area contributed by atoms with Crippen molar-refractivity contribution in [2.24, 2.45) is 17.6 Å². The van der Waals surface area contributed by atoms with Crippen LogP contribution in [0, 0.1) is 11.8 Å². The Hall–Kier alpha value is -0.0800. The normalized spacial score (nSPS) is 46.1. The molecule has 1 aliphatic carbocycles. The molecule has 2 aliphatic rings. The van der Waals surface area contributed by atoms with Crippen LogP contribution < -0.4 is 5.73 Å². The highest BCUT2D eigenvalue weighted by Crippen LogP contribution is 2.42. The van der Waals surface area contributed by atoms with Gasteiger partial charge < -0.3 is 5.73 Å². The van der Waals surface area contributed by atoms with Crippen LogP contribution in [0.15, 0.2) is 0 Å². The van der Waals surface area contributed by atoms with Gasteiger partial charge in [0.25, 0.3) is 0 Å². The van der Waals surface area contributed by atoms with Crippen molar-refractivity contribution in [2.75, 3.05) is 13.1 Å². The number of hydrogen-bond donors (Lipinski definition) is 1. The molecule has 0 amide bonds. The molecule has 16 heavy (non-hydrogen) atoms. The van der Waals surface area contributed by atoms with E-state index >= 15 is 0 Å². The molecular weight excluding hydrogens is 196 g/mol. The molecule has 0 aromatic carbocycles. The van der Waals surface area contributed by atoms with E-state index in [0.29, 0.717) is 5.54 Å². The van der Waals surface area contributed by atoms with E-state index in [2.05, 4.69) is 25.7 Å². The number of nitrogens with two attached hydrogens (primary N) is 1. The molecule has 2 rings (SSSR count). The van der Waals surface area contributed by atoms with Crippen LogP contribution in [0.2, 0.25) is 0 Å². The second kappa shape index (κ2) is 4.66. The third-order valence-corrected chi connectivity index (χ3v) is 5.23. The minimum absolute atomic E-state index is 0.333. The van der Waals surface area contributed by atoms with Crippen LogP contribution in [-0.2, 0) is 0 Å². The number of hydrogen-bond acceptors (Lipinski definition) is 2. The van der Waals surface area contributed by atoms with Crippen LogP contribution in [-0.4, -0.2) is 29.6 Å². The minimum Gasteiger partial charge on any atom is -0.329 e. The summed E-state index contributed by atoms with van der Waals surface area (Å²) in [7, 11) is 0. The van der Waals surface area contributed by atoms with E-state index in [1.165, 1.54) is 38.6 Å². The first-order chi connectivity index (χ1) is 7.60. The average Bonchev–Trinajstić information content (AvgIpc) is 2.61. The minimum atomic E-state index is 0.333. The molecule has 2 N–H and O–H groups in total. The summed E-state index contributed by atoms with van der Waals surface area (Å²) >= 11 is 0. The maximum Gasteiger partial charge on any atom is 0.0360 e. The smallest absolute Gasteiger partial charge is 0.0360 e. The van der Waals surface area contributed by atoms with Gasteiger partial charge in [-0.1, -0.05) is 20.3 Å². The monoisotopic (exact) mass is 224 g/mol. The van der Waals surface area contributed by atoms with Gasteiger partial charge >= 0.3 is 0 Å². The molecule has 4 atom stereocenters. The Morgan fingerprint density at radius 3 is 2.50 bits per heavy atom. The van der Waals surface area contributed by atoms with Gasteiger partial charge in [-0.15, -0.1) is 0 Å². The van der Waals surface area contributed by atoms with Gasteiger partial charge in [0.1, 0.15) is 0 Å². The SMILES string of the molecule is CC1CCN(C2(CN)CCCC2C)C(C)C1. The molecule has 0 radical (unpaired) electrons. The molecule has 1 heterocycles. The number of nitrogens with zero attached hydrogens (tertiary/aromatic N) is 1. The predicted molar refractivity (Wildman–Crippen MR) is 69.4 cm³/mol. The molecular formula is C14H28N2. The maximum atomic E-state index is 6.15. The largest absolute Gasteiger partial charge is 0.329 e. The number of rotatable bonds is 2. The lowest BCUT2D eigenvalue weighted by atomic mass is 9.81. The maximum absolute atomic E-state index is 6.15. The zero-order valence-corrected chi connectivity index (χ0v) is 11.2. The Morgan fingerprint density at radius 2 is 2.00 bits per heavy atom. The molecule has 0 spiro atoms. The zero-order valence-electron chi connectivity index (χ0n) is 11.2. The highest BCUT2D eigenvalue weighted by molar-refractivity contribution is 5.02. The Bertz CT molecular complexity index is 241. The van der Waals surface area contributed by atoms with E-state index in [0.717, 1.165) is 24.4 Å². The van der Waals surface area contributed by atoms with Crippen LogP contribution in [0.3, 0.4) is 0 Å². The Labute approximate surface area is 101 Å². The Morgan fingerprint density at radius 1 is 1.25 bits per heavy atom. The fourth-order valence-electron chi connectivity index (χ4n) is 4.15.